The number of ether oxygens (including phenoxy) is 2. The highest BCUT2D eigenvalue weighted by molar-refractivity contribution is 5.76. The third kappa shape index (κ3) is 6.48. The summed E-state index contributed by atoms with van der Waals surface area (Å²) in [6.45, 7) is 4.68. The van der Waals surface area contributed by atoms with Gasteiger partial charge < -0.3 is 14.6 Å². The summed E-state index contributed by atoms with van der Waals surface area (Å²) < 4.78 is 12.5. The smallest absolute Gasteiger partial charge is 0.340 e. The lowest BCUT2D eigenvalue weighted by atomic mass is 9.97. The van der Waals surface area contributed by atoms with Crippen LogP contribution < -0.4 is 0 Å². The van der Waals surface area contributed by atoms with Crippen LogP contribution in [0.1, 0.15) is 65.9 Å². The number of aliphatic hydroxyl groups excluding tert-OH is 1. The van der Waals surface area contributed by atoms with Crippen molar-refractivity contribution in [1.82, 2.24) is 0 Å². The lowest BCUT2D eigenvalue weighted by molar-refractivity contribution is -0.170. The number of esters is 1. The summed E-state index contributed by atoms with van der Waals surface area (Å²) in [4.78, 5) is 13.1. The lowest BCUT2D eigenvalue weighted by Crippen LogP contribution is -2.24. The molecule has 1 N–H and O–H groups in total. The molecule has 0 bridgehead atoms. The molecular weight excluding hydrogens is 448 g/mol. The molecule has 4 aromatic rings. The lowest BCUT2D eigenvalue weighted by Gasteiger charge is -2.29. The van der Waals surface area contributed by atoms with E-state index in [-0.39, 0.29) is 0 Å². The standard InChI is InChI=1S/C32H32O4/c1-23(2)25-20-18-24(19-21-25)22-35-30(27-14-8-4-9-15-27)31(28-16-10-5-11-17-28)36-32(34)29(33)26-12-6-3-7-13-26/h3-21,23,29-31,33H,22H2,1-2H3/t29-,30+,31+/m0/s1. The summed E-state index contributed by atoms with van der Waals surface area (Å²) in [6, 6.07) is 36.4. The fourth-order valence-electron chi connectivity index (χ4n) is 4.09. The molecule has 0 unspecified atom stereocenters. The van der Waals surface area contributed by atoms with Crippen molar-refractivity contribution < 1.29 is 19.4 Å². The van der Waals surface area contributed by atoms with Gasteiger partial charge in [0.05, 0.1) is 6.61 Å². The van der Waals surface area contributed by atoms with Crippen molar-refractivity contribution in [1.29, 1.82) is 0 Å². The second kappa shape index (κ2) is 12.3. The van der Waals surface area contributed by atoms with Crippen molar-refractivity contribution in [2.24, 2.45) is 0 Å². The Balaban J connectivity index is 1.63. The molecule has 0 heterocycles. The van der Waals surface area contributed by atoms with E-state index >= 15 is 0 Å². The quantitative estimate of drug-likeness (QED) is 0.246. The van der Waals surface area contributed by atoms with E-state index in [2.05, 4.69) is 38.1 Å². The Morgan fingerprint density at radius 1 is 0.639 bits per heavy atom. The zero-order chi connectivity index (χ0) is 25.3. The molecule has 0 amide bonds. The molecule has 4 rings (SSSR count). The Morgan fingerprint density at radius 3 is 1.61 bits per heavy atom. The van der Waals surface area contributed by atoms with Crippen LogP contribution in [0, 0.1) is 0 Å². The molecular formula is C32H32O4. The average Bonchev–Trinajstić information content (AvgIpc) is 2.93. The Kier molecular flexibility index (Phi) is 8.66. The Hall–Kier alpha value is -3.73. The molecule has 184 valence electrons. The molecule has 4 nitrogen and oxygen atoms in total. The first-order chi connectivity index (χ1) is 17.5. The topological polar surface area (TPSA) is 55.8 Å². The molecule has 4 aromatic carbocycles. The summed E-state index contributed by atoms with van der Waals surface area (Å²) in [6.07, 6.45) is -2.72. The van der Waals surface area contributed by atoms with Gasteiger partial charge in [-0.05, 0) is 33.7 Å². The summed E-state index contributed by atoms with van der Waals surface area (Å²) in [5.41, 5.74) is 4.45. The zero-order valence-electron chi connectivity index (χ0n) is 20.7. The van der Waals surface area contributed by atoms with E-state index in [0.29, 0.717) is 18.1 Å². The third-order valence-electron chi connectivity index (χ3n) is 6.19. The number of carbonyl (C=O) groups excluding carboxylic acids is 1. The van der Waals surface area contributed by atoms with Gasteiger partial charge in [0.2, 0.25) is 0 Å². The van der Waals surface area contributed by atoms with E-state index in [0.717, 1.165) is 16.7 Å². The first-order valence-electron chi connectivity index (χ1n) is 12.3. The van der Waals surface area contributed by atoms with Crippen LogP contribution >= 0.6 is 0 Å². The van der Waals surface area contributed by atoms with Gasteiger partial charge >= 0.3 is 5.97 Å². The van der Waals surface area contributed by atoms with Crippen molar-refractivity contribution in [3.63, 3.8) is 0 Å². The minimum atomic E-state index is -1.39. The average molecular weight is 481 g/mol. The number of rotatable bonds is 10. The van der Waals surface area contributed by atoms with Crippen LogP contribution in [0.2, 0.25) is 0 Å². The molecule has 0 aliphatic carbocycles. The minimum absolute atomic E-state index is 0.347. The monoisotopic (exact) mass is 480 g/mol. The van der Waals surface area contributed by atoms with Gasteiger partial charge in [0.1, 0.15) is 6.10 Å². The number of hydrogen-bond acceptors (Lipinski definition) is 4. The molecule has 4 heteroatoms. The SMILES string of the molecule is CC(C)c1ccc(CO[C@H](c2ccccc2)[C@H](OC(=O)[C@@H](O)c2ccccc2)c2ccccc2)cc1. The molecule has 0 aliphatic heterocycles. The maximum atomic E-state index is 13.1. The zero-order valence-corrected chi connectivity index (χ0v) is 20.7. The molecule has 3 atom stereocenters. The molecule has 0 aromatic heterocycles. The number of benzene rings is 4. The van der Waals surface area contributed by atoms with E-state index in [4.69, 9.17) is 9.47 Å². The summed E-state index contributed by atoms with van der Waals surface area (Å²) in [5.74, 6) is -0.268. The Labute approximate surface area is 213 Å². The molecule has 0 saturated carbocycles. The van der Waals surface area contributed by atoms with E-state index in [9.17, 15) is 9.90 Å². The normalized spacial score (nSPS) is 13.7. The van der Waals surface area contributed by atoms with Crippen molar-refractivity contribution in [3.05, 3.63) is 143 Å². The minimum Gasteiger partial charge on any atom is -0.452 e. The van der Waals surface area contributed by atoms with Gasteiger partial charge in [-0.15, -0.1) is 0 Å². The number of hydrogen-bond donors (Lipinski definition) is 1. The maximum Gasteiger partial charge on any atom is 0.340 e. The Bertz CT molecular complexity index is 1210. The van der Waals surface area contributed by atoms with Crippen molar-refractivity contribution in [2.45, 2.75) is 44.7 Å². The highest BCUT2D eigenvalue weighted by Crippen LogP contribution is 2.37. The van der Waals surface area contributed by atoms with Crippen molar-refractivity contribution in [3.8, 4) is 0 Å². The predicted octanol–water partition coefficient (Wildman–Crippen LogP) is 7.09. The molecule has 0 spiro atoms. The van der Waals surface area contributed by atoms with E-state index < -0.39 is 24.3 Å². The fourth-order valence-corrected chi connectivity index (χ4v) is 4.09. The van der Waals surface area contributed by atoms with Crippen LogP contribution in [0.15, 0.2) is 115 Å². The van der Waals surface area contributed by atoms with Crippen LogP contribution in [0.25, 0.3) is 0 Å². The largest absolute Gasteiger partial charge is 0.452 e. The highest BCUT2D eigenvalue weighted by Gasteiger charge is 2.32. The summed E-state index contributed by atoms with van der Waals surface area (Å²) >= 11 is 0. The molecule has 36 heavy (non-hydrogen) atoms. The van der Waals surface area contributed by atoms with Crippen LogP contribution in [0.4, 0.5) is 0 Å². The van der Waals surface area contributed by atoms with Gasteiger partial charge in [-0.25, -0.2) is 4.79 Å². The number of carbonyl (C=O) groups is 1. The van der Waals surface area contributed by atoms with Crippen LogP contribution in [0.5, 0.6) is 0 Å². The van der Waals surface area contributed by atoms with Gasteiger partial charge in [0.25, 0.3) is 0 Å². The van der Waals surface area contributed by atoms with Crippen molar-refractivity contribution >= 4 is 5.97 Å². The van der Waals surface area contributed by atoms with Crippen LogP contribution in [-0.4, -0.2) is 11.1 Å². The van der Waals surface area contributed by atoms with Crippen LogP contribution in [0.3, 0.4) is 0 Å². The van der Waals surface area contributed by atoms with Gasteiger partial charge in [-0.3, -0.25) is 0 Å². The van der Waals surface area contributed by atoms with Crippen LogP contribution in [-0.2, 0) is 20.9 Å². The first kappa shape index (κ1) is 25.4. The third-order valence-corrected chi connectivity index (χ3v) is 6.19. The molecule has 0 fully saturated rings. The van der Waals surface area contributed by atoms with Crippen molar-refractivity contribution in [2.75, 3.05) is 0 Å². The first-order valence-corrected chi connectivity index (χ1v) is 12.3. The summed E-state index contributed by atoms with van der Waals surface area (Å²) in [5, 5.41) is 10.7. The van der Waals surface area contributed by atoms with E-state index in [1.807, 2.05) is 66.7 Å². The second-order valence-corrected chi connectivity index (χ2v) is 9.12. The number of aliphatic hydroxyl groups is 1. The highest BCUT2D eigenvalue weighted by atomic mass is 16.6. The maximum absolute atomic E-state index is 13.1. The van der Waals surface area contributed by atoms with E-state index in [1.165, 1.54) is 5.56 Å². The molecule has 0 radical (unpaired) electrons. The van der Waals surface area contributed by atoms with Gasteiger partial charge in [-0.2, -0.15) is 0 Å². The molecule has 0 aliphatic rings. The van der Waals surface area contributed by atoms with E-state index in [1.54, 1.807) is 24.3 Å². The molecule has 0 saturated heterocycles. The Morgan fingerprint density at radius 2 is 1.11 bits per heavy atom. The van der Waals surface area contributed by atoms with Gasteiger partial charge in [-0.1, -0.05) is 129 Å². The summed E-state index contributed by atoms with van der Waals surface area (Å²) in [7, 11) is 0. The second-order valence-electron chi connectivity index (χ2n) is 9.12. The fraction of sp³-hybridized carbons (Fsp3) is 0.219. The van der Waals surface area contributed by atoms with Gasteiger partial charge in [0.15, 0.2) is 12.2 Å². The predicted molar refractivity (Wildman–Crippen MR) is 141 cm³/mol. The van der Waals surface area contributed by atoms with Gasteiger partial charge in [0, 0.05) is 0 Å².